The molecule has 19 heavy (non-hydrogen) atoms. The highest BCUT2D eigenvalue weighted by atomic mass is 32.2. The number of thioether (sulfide) groups is 1. The maximum Gasteiger partial charge on any atom is 0.228 e. The number of hydrogen-bond donors (Lipinski definition) is 1. The Labute approximate surface area is 120 Å². The molecule has 0 amide bonds. The van der Waals surface area contributed by atoms with Crippen molar-refractivity contribution < 1.29 is 4.52 Å². The average molecular weight is 283 g/mol. The summed E-state index contributed by atoms with van der Waals surface area (Å²) in [5, 5.41) is 7.65. The summed E-state index contributed by atoms with van der Waals surface area (Å²) in [5.74, 6) is 4.36. The zero-order valence-corrected chi connectivity index (χ0v) is 12.8. The summed E-state index contributed by atoms with van der Waals surface area (Å²) >= 11 is 1.83. The first kappa shape index (κ1) is 14.9. The monoisotopic (exact) mass is 283 g/mol. The van der Waals surface area contributed by atoms with E-state index in [2.05, 4.69) is 29.3 Å². The molecule has 108 valence electrons. The van der Waals surface area contributed by atoms with Crippen molar-refractivity contribution in [1.82, 2.24) is 15.5 Å². The lowest BCUT2D eigenvalue weighted by Gasteiger charge is -2.22. The Morgan fingerprint density at radius 1 is 1.37 bits per heavy atom. The molecule has 4 nitrogen and oxygen atoms in total. The van der Waals surface area contributed by atoms with E-state index in [-0.39, 0.29) is 0 Å². The first-order valence-corrected chi connectivity index (χ1v) is 8.61. The van der Waals surface area contributed by atoms with Gasteiger partial charge in [-0.2, -0.15) is 16.7 Å². The van der Waals surface area contributed by atoms with Gasteiger partial charge in [-0.15, -0.1) is 0 Å². The second kappa shape index (κ2) is 7.90. The van der Waals surface area contributed by atoms with Crippen molar-refractivity contribution in [2.24, 2.45) is 5.92 Å². The van der Waals surface area contributed by atoms with Gasteiger partial charge in [0, 0.05) is 12.5 Å². The summed E-state index contributed by atoms with van der Waals surface area (Å²) in [4.78, 5) is 4.50. The molecule has 0 aliphatic heterocycles. The lowest BCUT2D eigenvalue weighted by atomic mass is 9.95. The molecule has 1 atom stereocenters. The fourth-order valence-electron chi connectivity index (χ4n) is 2.84. The van der Waals surface area contributed by atoms with Crippen LogP contribution in [0.5, 0.6) is 0 Å². The van der Waals surface area contributed by atoms with Crippen LogP contribution < -0.4 is 5.32 Å². The van der Waals surface area contributed by atoms with Gasteiger partial charge >= 0.3 is 0 Å². The molecule has 1 aromatic heterocycles. The molecule has 0 saturated heterocycles. The molecule has 1 aliphatic carbocycles. The van der Waals surface area contributed by atoms with E-state index < -0.39 is 0 Å². The van der Waals surface area contributed by atoms with Gasteiger partial charge in [0.1, 0.15) is 0 Å². The van der Waals surface area contributed by atoms with Crippen molar-refractivity contribution in [3.05, 3.63) is 11.7 Å². The Balaban J connectivity index is 1.90. The van der Waals surface area contributed by atoms with Crippen LogP contribution in [-0.4, -0.2) is 28.5 Å². The molecule has 0 spiro atoms. The van der Waals surface area contributed by atoms with Crippen molar-refractivity contribution in [1.29, 1.82) is 0 Å². The van der Waals surface area contributed by atoms with Crippen LogP contribution in [0.15, 0.2) is 4.52 Å². The van der Waals surface area contributed by atoms with E-state index in [4.69, 9.17) is 4.52 Å². The molecule has 2 rings (SSSR count). The highest BCUT2D eigenvalue weighted by Gasteiger charge is 2.26. The predicted octanol–water partition coefficient (Wildman–Crippen LogP) is 3.03. The minimum atomic E-state index is 0.500. The van der Waals surface area contributed by atoms with Gasteiger partial charge in [-0.1, -0.05) is 31.8 Å². The summed E-state index contributed by atoms with van der Waals surface area (Å²) in [7, 11) is 0. The van der Waals surface area contributed by atoms with Crippen molar-refractivity contribution >= 4 is 11.8 Å². The third kappa shape index (κ3) is 4.49. The maximum absolute atomic E-state index is 5.38. The van der Waals surface area contributed by atoms with Crippen LogP contribution in [0.3, 0.4) is 0 Å². The number of likely N-dealkylation sites (N-methyl/N-ethyl adjacent to an activating group) is 1. The number of rotatable bonds is 8. The molecule has 1 heterocycles. The van der Waals surface area contributed by atoms with Gasteiger partial charge in [0.05, 0.1) is 5.75 Å². The Kier molecular flexibility index (Phi) is 6.17. The van der Waals surface area contributed by atoms with Crippen molar-refractivity contribution in [2.75, 3.05) is 12.3 Å². The first-order chi connectivity index (χ1) is 9.33. The normalized spacial score (nSPS) is 18.0. The third-order valence-corrected chi connectivity index (χ3v) is 4.65. The number of nitrogens with one attached hydrogen (secondary N) is 1. The minimum Gasteiger partial charge on any atom is -0.339 e. The standard InChI is InChI=1S/C14H25N3OS/c1-3-15-12(11-7-5-6-8-11)9-14-16-13(17-18-14)10-19-4-2/h11-12,15H,3-10H2,1-2H3. The molecule has 1 saturated carbocycles. The van der Waals surface area contributed by atoms with E-state index in [1.807, 2.05) is 11.8 Å². The van der Waals surface area contributed by atoms with Crippen LogP contribution in [0.25, 0.3) is 0 Å². The quantitative estimate of drug-likeness (QED) is 0.794. The van der Waals surface area contributed by atoms with Gasteiger partial charge in [-0.05, 0) is 31.1 Å². The molecule has 1 aliphatic rings. The second-order valence-electron chi connectivity index (χ2n) is 5.15. The highest BCUT2D eigenvalue weighted by molar-refractivity contribution is 7.98. The third-order valence-electron chi connectivity index (χ3n) is 3.78. The second-order valence-corrected chi connectivity index (χ2v) is 6.43. The van der Waals surface area contributed by atoms with E-state index >= 15 is 0 Å². The molecule has 0 aromatic carbocycles. The molecular formula is C14H25N3OS. The van der Waals surface area contributed by atoms with Gasteiger partial charge in [-0.3, -0.25) is 0 Å². The highest BCUT2D eigenvalue weighted by Crippen LogP contribution is 2.29. The van der Waals surface area contributed by atoms with Gasteiger partial charge in [0.2, 0.25) is 5.89 Å². The molecule has 1 aromatic rings. The fraction of sp³-hybridized carbons (Fsp3) is 0.857. The van der Waals surface area contributed by atoms with E-state index in [1.54, 1.807) is 0 Å². The Morgan fingerprint density at radius 3 is 2.84 bits per heavy atom. The minimum absolute atomic E-state index is 0.500. The smallest absolute Gasteiger partial charge is 0.228 e. The van der Waals surface area contributed by atoms with Crippen molar-refractivity contribution in [3.8, 4) is 0 Å². The van der Waals surface area contributed by atoms with E-state index in [0.717, 1.165) is 42.1 Å². The van der Waals surface area contributed by atoms with Crippen molar-refractivity contribution in [2.45, 2.75) is 57.7 Å². The number of aromatic nitrogens is 2. The number of hydrogen-bond acceptors (Lipinski definition) is 5. The van der Waals surface area contributed by atoms with Crippen LogP contribution in [0.4, 0.5) is 0 Å². The zero-order valence-electron chi connectivity index (χ0n) is 12.0. The van der Waals surface area contributed by atoms with Crippen LogP contribution in [0, 0.1) is 5.92 Å². The molecular weight excluding hydrogens is 258 g/mol. The Bertz CT molecular complexity index is 363. The lowest BCUT2D eigenvalue weighted by Crippen LogP contribution is -2.37. The van der Waals surface area contributed by atoms with E-state index in [0.29, 0.717) is 6.04 Å². The number of nitrogens with zero attached hydrogens (tertiary/aromatic N) is 2. The first-order valence-electron chi connectivity index (χ1n) is 7.46. The summed E-state index contributed by atoms with van der Waals surface area (Å²) in [6.45, 7) is 5.32. The van der Waals surface area contributed by atoms with Gasteiger partial charge in [0.25, 0.3) is 0 Å². The predicted molar refractivity (Wildman–Crippen MR) is 79.3 cm³/mol. The average Bonchev–Trinajstić information content (AvgIpc) is 3.07. The van der Waals surface area contributed by atoms with Crippen LogP contribution in [0.1, 0.15) is 51.2 Å². The summed E-state index contributed by atoms with van der Waals surface area (Å²) in [6, 6.07) is 0.500. The van der Waals surface area contributed by atoms with E-state index in [9.17, 15) is 0 Å². The van der Waals surface area contributed by atoms with Gasteiger partial charge in [-0.25, -0.2) is 0 Å². The van der Waals surface area contributed by atoms with Crippen LogP contribution in [0.2, 0.25) is 0 Å². The molecule has 0 radical (unpaired) electrons. The summed E-state index contributed by atoms with van der Waals surface area (Å²) < 4.78 is 5.38. The molecule has 1 unspecified atom stereocenters. The molecule has 1 N–H and O–H groups in total. The Hall–Kier alpha value is -0.550. The molecule has 0 bridgehead atoms. The molecule has 5 heteroatoms. The summed E-state index contributed by atoms with van der Waals surface area (Å²) in [5.41, 5.74) is 0. The maximum atomic E-state index is 5.38. The topological polar surface area (TPSA) is 51.0 Å². The SMILES string of the molecule is CCNC(Cc1nc(CSCC)no1)C1CCCC1. The van der Waals surface area contributed by atoms with Crippen molar-refractivity contribution in [3.63, 3.8) is 0 Å². The molecule has 1 fully saturated rings. The largest absolute Gasteiger partial charge is 0.339 e. The lowest BCUT2D eigenvalue weighted by molar-refractivity contribution is 0.310. The van der Waals surface area contributed by atoms with Crippen LogP contribution in [-0.2, 0) is 12.2 Å². The fourth-order valence-corrected chi connectivity index (χ4v) is 3.34. The summed E-state index contributed by atoms with van der Waals surface area (Å²) in [6.07, 6.45) is 6.29. The van der Waals surface area contributed by atoms with Gasteiger partial charge < -0.3 is 9.84 Å². The Morgan fingerprint density at radius 2 is 2.16 bits per heavy atom. The van der Waals surface area contributed by atoms with Gasteiger partial charge in [0.15, 0.2) is 5.82 Å². The van der Waals surface area contributed by atoms with E-state index in [1.165, 1.54) is 25.7 Å². The zero-order chi connectivity index (χ0) is 13.5. The van der Waals surface area contributed by atoms with Crippen LogP contribution >= 0.6 is 11.8 Å².